The van der Waals surface area contributed by atoms with Crippen LogP contribution in [0.3, 0.4) is 0 Å². The summed E-state index contributed by atoms with van der Waals surface area (Å²) < 4.78 is 50.0. The first-order chi connectivity index (χ1) is 44.3. The second kappa shape index (κ2) is 21.7. The highest BCUT2D eigenvalue weighted by atomic mass is 19.1. The average Bonchev–Trinajstić information content (AvgIpc) is 1.53. The predicted molar refractivity (Wildman–Crippen MR) is 362 cm³/mol. The third-order valence-corrected chi connectivity index (χ3v) is 18.2. The Morgan fingerprint density at radius 2 is 0.722 bits per heavy atom. The molecule has 1 heterocycles. The van der Waals surface area contributed by atoms with Crippen molar-refractivity contribution in [1.29, 1.82) is 0 Å². The Hall–Kier alpha value is -11.6. The maximum Gasteiger partial charge on any atom is 0.135 e. The van der Waals surface area contributed by atoms with Gasteiger partial charge in [0.1, 0.15) is 45.8 Å². The first-order valence-corrected chi connectivity index (χ1v) is 30.1. The van der Waals surface area contributed by atoms with E-state index >= 15 is 8.78 Å². The minimum atomic E-state index is -0.918. The molecule has 1 aromatic heterocycles. The fraction of sp³-hybridized carbons (Fsp3) is 0.0238. The molecule has 4 nitrogen and oxygen atoms in total. The maximum absolute atomic E-state index is 15.4. The van der Waals surface area contributed by atoms with Crippen molar-refractivity contribution in [2.75, 3.05) is 4.90 Å². The van der Waals surface area contributed by atoms with E-state index in [1.54, 1.807) is 24.3 Å². The summed E-state index contributed by atoms with van der Waals surface area (Å²) in [6.45, 7) is 7.83. The number of ether oxygens (including phenoxy) is 2. The van der Waals surface area contributed by atoms with Crippen LogP contribution in [-0.2, 0) is 10.8 Å². The number of hydrogen-bond donors (Lipinski definition) is 0. The van der Waals surface area contributed by atoms with Gasteiger partial charge in [-0.3, -0.25) is 0 Å². The van der Waals surface area contributed by atoms with E-state index in [-0.39, 0.29) is 11.6 Å². The fourth-order valence-electron chi connectivity index (χ4n) is 14.1. The van der Waals surface area contributed by atoms with Crippen LogP contribution in [0.5, 0.6) is 23.0 Å². The average molecular weight is 1160 g/mol. The smallest absolute Gasteiger partial charge is 0.135 e. The highest BCUT2D eigenvalue weighted by Crippen LogP contribution is 2.60. The highest BCUT2D eigenvalue weighted by molar-refractivity contribution is 6.06. The van der Waals surface area contributed by atoms with Crippen molar-refractivity contribution >= 4 is 51.2 Å². The Morgan fingerprint density at radius 3 is 1.21 bits per heavy atom. The molecule has 2 aliphatic carbocycles. The second-order valence-electron chi connectivity index (χ2n) is 23.1. The highest BCUT2D eigenvalue weighted by Gasteiger charge is 2.48. The zero-order chi connectivity index (χ0) is 60.5. The molecule has 14 aromatic rings. The first kappa shape index (κ1) is 53.8. The number of benzene rings is 13. The molecule has 0 amide bonds. The molecular weight excluding hydrogens is 1110 g/mol. The third-order valence-electron chi connectivity index (χ3n) is 18.2. The Morgan fingerprint density at radius 1 is 0.322 bits per heavy atom. The van der Waals surface area contributed by atoms with Crippen LogP contribution in [0.15, 0.2) is 315 Å². The van der Waals surface area contributed by atoms with E-state index in [0.717, 1.165) is 128 Å². The van der Waals surface area contributed by atoms with Gasteiger partial charge in [0.15, 0.2) is 0 Å². The molecule has 0 aliphatic heterocycles. The molecule has 0 N–H and O–H groups in total. The SMILES string of the molecule is C=Cc1ccc(Oc2ccc(C3(c4ccc(F)cc4)c4ccccc4-c4ccc(N(c5cccc(-c6ccc7oc8ccccc8c7c6)c5)c5ccc6c(c5)C(c5ccc(F)cc5)(c5ccc(Oc7ccc(C=C)cc7)cc5)c5ccccc5-6)cc43)cc2)cc1. The van der Waals surface area contributed by atoms with Gasteiger partial charge in [0.2, 0.25) is 0 Å². The van der Waals surface area contributed by atoms with E-state index in [1.165, 1.54) is 0 Å². The first-order valence-electron chi connectivity index (χ1n) is 30.1. The van der Waals surface area contributed by atoms with Gasteiger partial charge in [-0.15, -0.1) is 0 Å². The number of fused-ring (bicyclic) bond motifs is 9. The minimum Gasteiger partial charge on any atom is -0.457 e. The van der Waals surface area contributed by atoms with Crippen molar-refractivity contribution in [2.45, 2.75) is 10.8 Å². The topological polar surface area (TPSA) is 34.8 Å². The lowest BCUT2D eigenvalue weighted by Crippen LogP contribution is -2.29. The van der Waals surface area contributed by atoms with Crippen molar-refractivity contribution in [2.24, 2.45) is 0 Å². The third kappa shape index (κ3) is 8.78. The molecule has 0 fully saturated rings. The molecule has 0 saturated heterocycles. The monoisotopic (exact) mass is 1160 g/mol. The predicted octanol–water partition coefficient (Wildman–Crippen LogP) is 22.6. The fourth-order valence-corrected chi connectivity index (χ4v) is 14.1. The van der Waals surface area contributed by atoms with Gasteiger partial charge < -0.3 is 18.8 Å². The summed E-state index contributed by atoms with van der Waals surface area (Å²) in [6, 6.07) is 100. The zero-order valence-corrected chi connectivity index (χ0v) is 48.8. The van der Waals surface area contributed by atoms with E-state index in [4.69, 9.17) is 13.9 Å². The largest absolute Gasteiger partial charge is 0.457 e. The molecule has 16 rings (SSSR count). The molecule has 0 bridgehead atoms. The van der Waals surface area contributed by atoms with Gasteiger partial charge in [-0.1, -0.05) is 195 Å². The van der Waals surface area contributed by atoms with Crippen LogP contribution in [0.1, 0.15) is 55.6 Å². The minimum absolute atomic E-state index is 0.318. The van der Waals surface area contributed by atoms with Crippen LogP contribution in [-0.4, -0.2) is 0 Å². The van der Waals surface area contributed by atoms with E-state index in [9.17, 15) is 0 Å². The molecule has 428 valence electrons. The number of rotatable bonds is 14. The molecule has 0 spiro atoms. The van der Waals surface area contributed by atoms with E-state index in [0.29, 0.717) is 23.0 Å². The van der Waals surface area contributed by atoms with Crippen molar-refractivity contribution in [3.63, 3.8) is 0 Å². The van der Waals surface area contributed by atoms with Gasteiger partial charge in [0.25, 0.3) is 0 Å². The summed E-state index contributed by atoms with van der Waals surface area (Å²) in [6.07, 6.45) is 3.62. The van der Waals surface area contributed by atoms with Crippen molar-refractivity contribution in [3.8, 4) is 56.4 Å². The van der Waals surface area contributed by atoms with Gasteiger partial charge in [0, 0.05) is 27.8 Å². The van der Waals surface area contributed by atoms with E-state index < -0.39 is 10.8 Å². The Bertz CT molecular complexity index is 4860. The van der Waals surface area contributed by atoms with Gasteiger partial charge in [-0.25, -0.2) is 8.78 Å². The lowest BCUT2D eigenvalue weighted by Gasteiger charge is -2.36. The van der Waals surface area contributed by atoms with Crippen molar-refractivity contribution in [3.05, 3.63) is 378 Å². The lowest BCUT2D eigenvalue weighted by atomic mass is 9.67. The normalized spacial score (nSPS) is 15.2. The molecular formula is C84H55F2NO3. The van der Waals surface area contributed by atoms with E-state index in [2.05, 4.69) is 176 Å². The van der Waals surface area contributed by atoms with Crippen molar-refractivity contribution < 1.29 is 22.7 Å². The summed E-state index contributed by atoms with van der Waals surface area (Å²) in [5, 5.41) is 2.10. The molecule has 13 aromatic carbocycles. The van der Waals surface area contributed by atoms with Crippen LogP contribution in [0.4, 0.5) is 25.8 Å². The zero-order valence-electron chi connectivity index (χ0n) is 48.8. The van der Waals surface area contributed by atoms with Crippen molar-refractivity contribution in [1.82, 2.24) is 0 Å². The number of hydrogen-bond acceptors (Lipinski definition) is 4. The van der Waals surface area contributed by atoms with Crippen LogP contribution in [0.2, 0.25) is 0 Å². The Labute approximate surface area is 520 Å². The van der Waals surface area contributed by atoms with Gasteiger partial charge in [-0.2, -0.15) is 0 Å². The molecule has 6 heteroatoms. The Balaban J connectivity index is 0.912. The van der Waals surface area contributed by atoms with Crippen LogP contribution in [0.25, 0.3) is 67.5 Å². The molecule has 2 aliphatic rings. The van der Waals surface area contributed by atoms with Crippen LogP contribution < -0.4 is 14.4 Å². The number of anilines is 3. The summed E-state index contributed by atoms with van der Waals surface area (Å²) >= 11 is 0. The van der Waals surface area contributed by atoms with Gasteiger partial charge >= 0.3 is 0 Å². The van der Waals surface area contributed by atoms with Gasteiger partial charge in [0.05, 0.1) is 10.8 Å². The second-order valence-corrected chi connectivity index (χ2v) is 23.1. The Kier molecular flexibility index (Phi) is 13.0. The molecule has 2 atom stereocenters. The maximum atomic E-state index is 15.4. The lowest BCUT2D eigenvalue weighted by molar-refractivity contribution is 0.482. The molecule has 90 heavy (non-hydrogen) atoms. The number of furan rings is 1. The standard InChI is InChI=1S/C84H55F2NO3/c1-3-54-20-39-67(40-21-54)88-69-43-29-60(30-44-69)83(58-25-33-62(85)34-26-58)77-17-8-5-14-71(77)73-47-37-65(52-79(73)83)87(64-13-11-12-56(50-64)57-24-49-82-76(51-57)75-16-7-10-19-81(75)90-82)66-38-48-74-72-15-6-9-18-78(72)84(80(74)53-66,59-27-35-63(86)36-28-59)61-31-45-70(46-32-61)89-68-41-22-55(4-2)23-42-68/h3-53H,1-2H2. The summed E-state index contributed by atoms with van der Waals surface area (Å²) in [4.78, 5) is 2.36. The molecule has 2 unspecified atom stereocenters. The summed E-state index contributed by atoms with van der Waals surface area (Å²) in [7, 11) is 0. The number of para-hydroxylation sites is 1. The van der Waals surface area contributed by atoms with Crippen LogP contribution in [0, 0.1) is 11.6 Å². The molecule has 0 radical (unpaired) electrons. The van der Waals surface area contributed by atoms with E-state index in [1.807, 2.05) is 127 Å². The summed E-state index contributed by atoms with van der Waals surface area (Å²) in [5.41, 5.74) is 19.0. The quantitative estimate of drug-likeness (QED) is 0.109. The number of nitrogens with zero attached hydrogens (tertiary/aromatic N) is 1. The van der Waals surface area contributed by atoms with Crippen LogP contribution >= 0.6 is 0 Å². The summed E-state index contributed by atoms with van der Waals surface area (Å²) in [5.74, 6) is 2.15. The van der Waals surface area contributed by atoms with Gasteiger partial charge in [-0.05, 0) is 216 Å². The molecule has 0 saturated carbocycles. The number of halogens is 2.